The fourth-order valence-electron chi connectivity index (χ4n) is 3.55. The Morgan fingerprint density at radius 2 is 1.87 bits per heavy atom. The normalized spacial score (nSPS) is 30.1. The van der Waals surface area contributed by atoms with Crippen LogP contribution in [0.5, 0.6) is 0 Å². The minimum absolute atomic E-state index is 0.111. The maximum absolute atomic E-state index is 12.4. The van der Waals surface area contributed by atoms with Gasteiger partial charge in [0.2, 0.25) is 0 Å². The number of nitrogens with zero attached hydrogens (tertiary/aromatic N) is 2. The summed E-state index contributed by atoms with van der Waals surface area (Å²) in [6.45, 7) is 10.5. The second-order valence-electron chi connectivity index (χ2n) is 8.05. The number of piperidine rings is 2. The molecule has 2 fully saturated rings. The van der Waals surface area contributed by atoms with Gasteiger partial charge in [0.15, 0.2) is 0 Å². The van der Waals surface area contributed by atoms with Gasteiger partial charge in [0.25, 0.3) is 0 Å². The third-order valence-electron chi connectivity index (χ3n) is 4.63. The predicted octanol–water partition coefficient (Wildman–Crippen LogP) is 2.43. The SMILES string of the molecule is C[C@@H]1CCCN([C@@H]2C[C@@H](C(=O)O)CN(C(=O)OC(C)(C)C)C2)C1. The van der Waals surface area contributed by atoms with E-state index >= 15 is 0 Å². The van der Waals surface area contributed by atoms with Crippen molar-refractivity contribution in [3.05, 3.63) is 0 Å². The summed E-state index contributed by atoms with van der Waals surface area (Å²) in [6.07, 6.45) is 2.57. The Kier molecular flexibility index (Phi) is 5.55. The molecule has 0 spiro atoms. The lowest BCUT2D eigenvalue weighted by Gasteiger charge is -2.44. The van der Waals surface area contributed by atoms with Crippen LogP contribution in [-0.2, 0) is 9.53 Å². The largest absolute Gasteiger partial charge is 0.481 e. The molecular weight excluding hydrogens is 296 g/mol. The van der Waals surface area contributed by atoms with Crippen molar-refractivity contribution in [1.29, 1.82) is 0 Å². The highest BCUT2D eigenvalue weighted by molar-refractivity contribution is 5.73. The van der Waals surface area contributed by atoms with Crippen LogP contribution < -0.4 is 0 Å². The van der Waals surface area contributed by atoms with Crippen LogP contribution in [0.2, 0.25) is 0 Å². The van der Waals surface area contributed by atoms with Crippen molar-refractivity contribution in [2.24, 2.45) is 11.8 Å². The highest BCUT2D eigenvalue weighted by atomic mass is 16.6. The molecule has 0 aliphatic carbocycles. The Hall–Kier alpha value is -1.30. The average Bonchev–Trinajstić information content (AvgIpc) is 2.45. The highest BCUT2D eigenvalue weighted by Gasteiger charge is 2.38. The monoisotopic (exact) mass is 326 g/mol. The molecule has 132 valence electrons. The summed E-state index contributed by atoms with van der Waals surface area (Å²) in [5.74, 6) is -0.712. The van der Waals surface area contributed by atoms with Gasteiger partial charge < -0.3 is 14.7 Å². The lowest BCUT2D eigenvalue weighted by molar-refractivity contribution is -0.144. The van der Waals surface area contributed by atoms with E-state index in [2.05, 4.69) is 11.8 Å². The van der Waals surface area contributed by atoms with Gasteiger partial charge in [-0.05, 0) is 52.5 Å². The zero-order valence-electron chi connectivity index (χ0n) is 14.7. The van der Waals surface area contributed by atoms with Gasteiger partial charge in [0.1, 0.15) is 5.60 Å². The number of aliphatic carboxylic acids is 1. The summed E-state index contributed by atoms with van der Waals surface area (Å²) in [7, 11) is 0. The highest BCUT2D eigenvalue weighted by Crippen LogP contribution is 2.27. The molecule has 0 radical (unpaired) electrons. The number of carbonyl (C=O) groups is 2. The molecule has 0 bridgehead atoms. The zero-order valence-corrected chi connectivity index (χ0v) is 14.7. The number of hydrogen-bond donors (Lipinski definition) is 1. The molecule has 2 saturated heterocycles. The summed E-state index contributed by atoms with van der Waals surface area (Å²) in [4.78, 5) is 27.8. The number of ether oxygens (including phenoxy) is 1. The fraction of sp³-hybridized carbons (Fsp3) is 0.882. The van der Waals surface area contributed by atoms with Crippen molar-refractivity contribution in [2.75, 3.05) is 26.2 Å². The number of carbonyl (C=O) groups excluding carboxylic acids is 1. The van der Waals surface area contributed by atoms with Crippen molar-refractivity contribution < 1.29 is 19.4 Å². The molecule has 2 aliphatic heterocycles. The second kappa shape index (κ2) is 7.07. The summed E-state index contributed by atoms with van der Waals surface area (Å²) in [5.41, 5.74) is -0.567. The number of likely N-dealkylation sites (tertiary alicyclic amines) is 2. The van der Waals surface area contributed by atoms with E-state index in [1.165, 1.54) is 6.42 Å². The van der Waals surface area contributed by atoms with E-state index < -0.39 is 23.6 Å². The van der Waals surface area contributed by atoms with Crippen molar-refractivity contribution in [3.8, 4) is 0 Å². The molecule has 3 atom stereocenters. The molecule has 1 amide bonds. The average molecular weight is 326 g/mol. The van der Waals surface area contributed by atoms with E-state index in [-0.39, 0.29) is 12.6 Å². The van der Waals surface area contributed by atoms with Gasteiger partial charge in [-0.1, -0.05) is 6.92 Å². The van der Waals surface area contributed by atoms with Crippen molar-refractivity contribution >= 4 is 12.1 Å². The molecule has 0 saturated carbocycles. The predicted molar refractivity (Wildman–Crippen MR) is 87.3 cm³/mol. The molecule has 1 N–H and O–H groups in total. The molecule has 6 nitrogen and oxygen atoms in total. The molecular formula is C17H30N2O4. The van der Waals surface area contributed by atoms with E-state index in [4.69, 9.17) is 4.74 Å². The van der Waals surface area contributed by atoms with Crippen molar-refractivity contribution in [2.45, 2.75) is 58.6 Å². The van der Waals surface area contributed by atoms with Gasteiger partial charge in [0.05, 0.1) is 5.92 Å². The number of carboxylic acid groups (broad SMARTS) is 1. The topological polar surface area (TPSA) is 70.1 Å². The standard InChI is InChI=1S/C17H30N2O4/c1-12-6-5-7-18(9-12)14-8-13(15(20)21)10-19(11-14)16(22)23-17(2,3)4/h12-14H,5-11H2,1-4H3,(H,20,21)/t12-,13-,14-/m1/s1. The van der Waals surface area contributed by atoms with Crippen LogP contribution in [-0.4, -0.2) is 64.8 Å². The van der Waals surface area contributed by atoms with Gasteiger partial charge in [-0.15, -0.1) is 0 Å². The first-order valence-corrected chi connectivity index (χ1v) is 8.60. The van der Waals surface area contributed by atoms with E-state index in [1.807, 2.05) is 20.8 Å². The van der Waals surface area contributed by atoms with Gasteiger partial charge >= 0.3 is 12.1 Å². The molecule has 0 aromatic rings. The van der Waals surface area contributed by atoms with Crippen LogP contribution in [0.3, 0.4) is 0 Å². The molecule has 2 aliphatic rings. The maximum atomic E-state index is 12.4. The number of rotatable bonds is 2. The van der Waals surface area contributed by atoms with E-state index in [0.717, 1.165) is 19.5 Å². The molecule has 0 aromatic heterocycles. The second-order valence-corrected chi connectivity index (χ2v) is 8.05. The lowest BCUT2D eigenvalue weighted by Crippen LogP contribution is -2.56. The van der Waals surface area contributed by atoms with Crippen LogP contribution in [0.25, 0.3) is 0 Å². The first-order valence-electron chi connectivity index (χ1n) is 8.60. The third kappa shape index (κ3) is 5.09. The van der Waals surface area contributed by atoms with Gasteiger partial charge in [-0.3, -0.25) is 9.69 Å². The van der Waals surface area contributed by atoms with E-state index in [9.17, 15) is 14.7 Å². The first-order chi connectivity index (χ1) is 10.7. The molecule has 23 heavy (non-hydrogen) atoms. The van der Waals surface area contributed by atoms with Crippen LogP contribution in [0, 0.1) is 11.8 Å². The number of hydrogen-bond acceptors (Lipinski definition) is 4. The van der Waals surface area contributed by atoms with E-state index in [1.54, 1.807) is 4.90 Å². The van der Waals surface area contributed by atoms with Crippen LogP contribution in [0.1, 0.15) is 47.0 Å². The molecule has 0 unspecified atom stereocenters. The minimum Gasteiger partial charge on any atom is -0.481 e. The van der Waals surface area contributed by atoms with Crippen LogP contribution in [0.15, 0.2) is 0 Å². The maximum Gasteiger partial charge on any atom is 0.410 e. The van der Waals surface area contributed by atoms with E-state index in [0.29, 0.717) is 18.9 Å². The smallest absolute Gasteiger partial charge is 0.410 e. The number of amides is 1. The Bertz CT molecular complexity index is 446. The summed E-state index contributed by atoms with van der Waals surface area (Å²) in [5, 5.41) is 9.44. The van der Waals surface area contributed by atoms with Gasteiger partial charge in [-0.25, -0.2) is 4.79 Å². The Morgan fingerprint density at radius 3 is 2.43 bits per heavy atom. The van der Waals surface area contributed by atoms with Crippen molar-refractivity contribution in [3.63, 3.8) is 0 Å². The lowest BCUT2D eigenvalue weighted by atomic mass is 9.90. The molecule has 2 rings (SSSR count). The third-order valence-corrected chi connectivity index (χ3v) is 4.63. The quantitative estimate of drug-likeness (QED) is 0.844. The Labute approximate surface area is 138 Å². The fourth-order valence-corrected chi connectivity index (χ4v) is 3.55. The minimum atomic E-state index is -0.826. The van der Waals surface area contributed by atoms with Gasteiger partial charge in [0, 0.05) is 25.7 Å². The zero-order chi connectivity index (χ0) is 17.2. The van der Waals surface area contributed by atoms with Crippen LogP contribution >= 0.6 is 0 Å². The Balaban J connectivity index is 2.07. The summed E-state index contributed by atoms with van der Waals surface area (Å²) >= 11 is 0. The summed E-state index contributed by atoms with van der Waals surface area (Å²) in [6, 6.07) is 0.111. The number of carboxylic acids is 1. The first kappa shape index (κ1) is 18.0. The molecule has 0 aromatic carbocycles. The Morgan fingerprint density at radius 1 is 1.17 bits per heavy atom. The van der Waals surface area contributed by atoms with Crippen molar-refractivity contribution in [1.82, 2.24) is 9.80 Å². The summed E-state index contributed by atoms with van der Waals surface area (Å²) < 4.78 is 5.44. The molecule has 6 heteroatoms. The molecule has 2 heterocycles. The van der Waals surface area contributed by atoms with Gasteiger partial charge in [-0.2, -0.15) is 0 Å². The van der Waals surface area contributed by atoms with Crippen LogP contribution in [0.4, 0.5) is 4.79 Å².